The van der Waals surface area contributed by atoms with Crippen LogP contribution in [0.1, 0.15) is 15.9 Å². The van der Waals surface area contributed by atoms with E-state index >= 15 is 0 Å². The van der Waals surface area contributed by atoms with Crippen molar-refractivity contribution in [1.82, 2.24) is 0 Å². The molecule has 0 saturated heterocycles. The maximum atomic E-state index is 11.4. The summed E-state index contributed by atoms with van der Waals surface area (Å²) in [6, 6.07) is 1.85. The molecule has 0 fully saturated rings. The first-order chi connectivity index (χ1) is 7.88. The molecule has 0 heterocycles. The van der Waals surface area contributed by atoms with E-state index in [1.807, 2.05) is 6.07 Å². The summed E-state index contributed by atoms with van der Waals surface area (Å²) < 4.78 is 2.50. The van der Waals surface area contributed by atoms with Crippen LogP contribution in [0.2, 0.25) is 0 Å². The monoisotopic (exact) mass is 573 g/mol. The molecule has 0 spiro atoms. The smallest absolute Gasteiger partial charge is 0.250 e. The first-order valence-electron chi connectivity index (χ1n) is 4.63. The molecule has 0 radical (unpaired) electrons. The Morgan fingerprint density at radius 3 is 2.41 bits per heavy atom. The first kappa shape index (κ1) is 15.9. The van der Waals surface area contributed by atoms with Crippen LogP contribution in [0.3, 0.4) is 0 Å². The van der Waals surface area contributed by atoms with Crippen LogP contribution in [0.5, 0.6) is 0 Å². The number of hydrogen-bond acceptors (Lipinski definition) is 3. The zero-order chi connectivity index (χ0) is 13.2. The van der Waals surface area contributed by atoms with Crippen LogP contribution in [0.25, 0.3) is 0 Å². The van der Waals surface area contributed by atoms with Crippen molar-refractivity contribution in [1.29, 1.82) is 0 Å². The molecule has 0 aliphatic rings. The number of carbonyl (C=O) groups excluding carboxylic acids is 1. The summed E-state index contributed by atoms with van der Waals surface area (Å²) in [7, 11) is 0. The lowest BCUT2D eigenvalue weighted by molar-refractivity contribution is 0.0949. The fourth-order valence-electron chi connectivity index (χ4n) is 1.34. The predicted molar refractivity (Wildman–Crippen MR) is 89.9 cm³/mol. The fourth-order valence-corrected chi connectivity index (χ4v) is 5.69. The second-order valence-corrected chi connectivity index (χ2v) is 6.82. The van der Waals surface area contributed by atoms with Gasteiger partial charge in [-0.05, 0) is 79.4 Å². The van der Waals surface area contributed by atoms with Crippen molar-refractivity contribution in [2.24, 2.45) is 5.73 Å². The van der Waals surface area contributed by atoms with Crippen LogP contribution in [0.4, 0.5) is 0 Å². The lowest BCUT2D eigenvalue weighted by Crippen LogP contribution is -2.20. The number of aliphatic hydroxyl groups excluding tert-OH is 2. The van der Waals surface area contributed by atoms with Gasteiger partial charge >= 0.3 is 0 Å². The van der Waals surface area contributed by atoms with Gasteiger partial charge in [0, 0.05) is 17.1 Å². The van der Waals surface area contributed by atoms with Gasteiger partial charge in [0.25, 0.3) is 5.91 Å². The lowest BCUT2D eigenvalue weighted by atomic mass is 10.0. The van der Waals surface area contributed by atoms with Crippen LogP contribution in [0.15, 0.2) is 6.07 Å². The fraction of sp³-hybridized carbons (Fsp3) is 0.300. The Bertz CT molecular complexity index is 451. The molecule has 1 aromatic rings. The predicted octanol–water partition coefficient (Wildman–Crippen LogP) is 1.50. The Morgan fingerprint density at radius 2 is 1.94 bits per heavy atom. The van der Waals surface area contributed by atoms with E-state index in [4.69, 9.17) is 10.8 Å². The zero-order valence-electron chi connectivity index (χ0n) is 8.58. The molecule has 1 unspecified atom stereocenters. The second kappa shape index (κ2) is 6.82. The van der Waals surface area contributed by atoms with E-state index in [1.165, 1.54) is 0 Å². The Hall–Kier alpha value is 0.800. The minimum absolute atomic E-state index is 0.302. The number of nitrogens with two attached hydrogens (primary N) is 1. The summed E-state index contributed by atoms with van der Waals surface area (Å²) in [5.74, 6) is -0.477. The van der Waals surface area contributed by atoms with E-state index in [9.17, 15) is 9.90 Å². The van der Waals surface area contributed by atoms with Crippen LogP contribution >= 0.6 is 67.8 Å². The van der Waals surface area contributed by atoms with Gasteiger partial charge < -0.3 is 15.9 Å². The molecule has 1 aromatic carbocycles. The van der Waals surface area contributed by atoms with Crippen molar-refractivity contribution < 1.29 is 15.0 Å². The number of rotatable bonds is 4. The van der Waals surface area contributed by atoms with E-state index in [-0.39, 0.29) is 6.61 Å². The topological polar surface area (TPSA) is 83.6 Å². The highest BCUT2D eigenvalue weighted by Gasteiger charge is 2.19. The molecule has 0 aliphatic heterocycles. The van der Waals surface area contributed by atoms with E-state index in [0.717, 1.165) is 16.3 Å². The Labute approximate surface area is 140 Å². The molecule has 0 aliphatic carbocycles. The van der Waals surface area contributed by atoms with Gasteiger partial charge in [0.05, 0.1) is 18.3 Å². The van der Waals surface area contributed by atoms with Gasteiger partial charge in [-0.15, -0.1) is 0 Å². The van der Waals surface area contributed by atoms with E-state index < -0.39 is 12.0 Å². The van der Waals surface area contributed by atoms with Crippen molar-refractivity contribution in [3.63, 3.8) is 0 Å². The first-order valence-corrected chi connectivity index (χ1v) is 7.87. The van der Waals surface area contributed by atoms with Gasteiger partial charge in [-0.2, -0.15) is 0 Å². The Balaban J connectivity index is 3.30. The molecule has 17 heavy (non-hydrogen) atoms. The van der Waals surface area contributed by atoms with Crippen molar-refractivity contribution in [2.75, 3.05) is 6.61 Å². The molecule has 94 valence electrons. The summed E-state index contributed by atoms with van der Waals surface area (Å²) >= 11 is 6.27. The maximum absolute atomic E-state index is 11.4. The number of primary amides is 1. The molecule has 1 atom stereocenters. The molecule has 1 amide bonds. The quantitative estimate of drug-likeness (QED) is 0.479. The average Bonchev–Trinajstić information content (AvgIpc) is 2.22. The summed E-state index contributed by atoms with van der Waals surface area (Å²) in [6.45, 7) is -0.302. The summed E-state index contributed by atoms with van der Waals surface area (Å²) in [5.41, 5.74) is 6.66. The molecular formula is C10H10I3NO3. The largest absolute Gasteiger partial charge is 0.394 e. The van der Waals surface area contributed by atoms with Crippen molar-refractivity contribution in [2.45, 2.75) is 12.5 Å². The molecule has 0 bridgehead atoms. The summed E-state index contributed by atoms with van der Waals surface area (Å²) in [4.78, 5) is 11.4. The molecular weight excluding hydrogens is 563 g/mol. The number of halogens is 3. The van der Waals surface area contributed by atoms with Crippen molar-refractivity contribution in [3.05, 3.63) is 27.9 Å². The maximum Gasteiger partial charge on any atom is 0.250 e. The van der Waals surface area contributed by atoms with Crippen molar-refractivity contribution in [3.8, 4) is 0 Å². The van der Waals surface area contributed by atoms with Crippen LogP contribution in [0, 0.1) is 10.7 Å². The number of benzene rings is 1. The minimum atomic E-state index is -0.821. The number of amides is 1. The number of hydrogen-bond donors (Lipinski definition) is 3. The normalized spacial score (nSPS) is 12.5. The third-order valence-electron chi connectivity index (χ3n) is 2.16. The van der Waals surface area contributed by atoms with Crippen LogP contribution in [-0.4, -0.2) is 28.8 Å². The Kier molecular flexibility index (Phi) is 6.36. The minimum Gasteiger partial charge on any atom is -0.394 e. The van der Waals surface area contributed by atoms with E-state index in [0.29, 0.717) is 12.0 Å². The highest BCUT2D eigenvalue weighted by molar-refractivity contribution is 14.1. The van der Waals surface area contributed by atoms with Crippen LogP contribution < -0.4 is 5.73 Å². The van der Waals surface area contributed by atoms with Gasteiger partial charge in [-0.1, -0.05) is 0 Å². The highest BCUT2D eigenvalue weighted by atomic mass is 127. The Morgan fingerprint density at radius 1 is 1.35 bits per heavy atom. The SMILES string of the molecule is NC(=O)c1c(I)cc(I)c(CC(O)CO)c1I. The standard InChI is InChI=1S/C10H10I3NO3/c11-6-2-7(12)8(10(14)17)9(13)5(6)1-4(16)3-15/h2,4,15-16H,1,3H2,(H2,14,17). The van der Waals surface area contributed by atoms with Gasteiger partial charge in [-0.3, -0.25) is 4.79 Å². The summed E-state index contributed by atoms with van der Waals surface area (Å²) in [5, 5.41) is 18.3. The average molecular weight is 573 g/mol. The van der Waals surface area contributed by atoms with Gasteiger partial charge in [0.1, 0.15) is 0 Å². The number of carbonyl (C=O) groups is 1. The van der Waals surface area contributed by atoms with Gasteiger partial charge in [0.15, 0.2) is 0 Å². The van der Waals surface area contributed by atoms with Crippen LogP contribution in [-0.2, 0) is 6.42 Å². The molecule has 0 aromatic heterocycles. The molecule has 7 heteroatoms. The van der Waals surface area contributed by atoms with E-state index in [1.54, 1.807) is 0 Å². The molecule has 4 nitrogen and oxygen atoms in total. The second-order valence-electron chi connectivity index (χ2n) is 3.41. The summed E-state index contributed by atoms with van der Waals surface area (Å²) in [6.07, 6.45) is -0.512. The van der Waals surface area contributed by atoms with Gasteiger partial charge in [0.2, 0.25) is 0 Å². The van der Waals surface area contributed by atoms with Gasteiger partial charge in [-0.25, -0.2) is 0 Å². The molecule has 4 N–H and O–H groups in total. The lowest BCUT2D eigenvalue weighted by Gasteiger charge is -2.14. The third kappa shape index (κ3) is 3.88. The molecule has 1 rings (SSSR count). The van der Waals surface area contributed by atoms with E-state index in [2.05, 4.69) is 67.8 Å². The zero-order valence-corrected chi connectivity index (χ0v) is 15.1. The van der Waals surface area contributed by atoms with Crippen molar-refractivity contribution >= 4 is 73.7 Å². The molecule has 0 saturated carbocycles. The number of aliphatic hydroxyl groups is 2. The highest BCUT2D eigenvalue weighted by Crippen LogP contribution is 2.28. The third-order valence-corrected chi connectivity index (χ3v) is 5.17.